The molecule has 2 amide bonds. The van der Waals surface area contributed by atoms with Crippen molar-refractivity contribution in [1.82, 2.24) is 0 Å². The number of para-hydroxylation sites is 1. The van der Waals surface area contributed by atoms with Crippen LogP contribution in [0, 0.1) is 0 Å². The van der Waals surface area contributed by atoms with Gasteiger partial charge in [-0.05, 0) is 68.0 Å². The molecule has 0 spiro atoms. The molecule has 1 aliphatic rings. The first-order valence-corrected chi connectivity index (χ1v) is 15.0. The molecule has 4 rings (SSSR count). The molecule has 0 saturated heterocycles. The molecule has 1 aliphatic carbocycles. The summed E-state index contributed by atoms with van der Waals surface area (Å²) in [5.41, 5.74) is 2.17. The van der Waals surface area contributed by atoms with E-state index in [9.17, 15) is 14.4 Å². The molecule has 0 aliphatic heterocycles. The average molecular weight is 567 g/mol. The van der Waals surface area contributed by atoms with E-state index in [2.05, 4.69) is 10.6 Å². The van der Waals surface area contributed by atoms with Crippen LogP contribution >= 0.6 is 23.1 Å². The highest BCUT2D eigenvalue weighted by molar-refractivity contribution is 8.00. The third-order valence-electron chi connectivity index (χ3n) is 6.47. The molecule has 2 N–H and O–H groups in total. The van der Waals surface area contributed by atoms with Crippen molar-refractivity contribution in [2.45, 2.75) is 62.0 Å². The van der Waals surface area contributed by atoms with Crippen molar-refractivity contribution in [2.24, 2.45) is 0 Å². The molecule has 2 aromatic carbocycles. The van der Waals surface area contributed by atoms with E-state index in [4.69, 9.17) is 9.47 Å². The van der Waals surface area contributed by atoms with Crippen LogP contribution in [0.15, 0.2) is 59.5 Å². The highest BCUT2D eigenvalue weighted by Crippen LogP contribution is 2.38. The number of methoxy groups -OCH3 is 1. The summed E-state index contributed by atoms with van der Waals surface area (Å²) in [7, 11) is 1.38. The molecule has 0 radical (unpaired) electrons. The number of hydrogen-bond acceptors (Lipinski definition) is 7. The minimum absolute atomic E-state index is 0.102. The van der Waals surface area contributed by atoms with Gasteiger partial charge in [-0.15, -0.1) is 23.1 Å². The standard InChI is InChI=1S/C30H34N2O5S2/c1-3-24(28(34)32-29-27(30(35)36-2)23-16-9-4-5-10-17-25(23)39-29)38-22-15-11-12-20(18-22)31-26(33)19-37-21-13-7-6-8-14-21/h6-8,11-15,18,24H,3-5,9-10,16-17,19H2,1-2H3,(H,31,33)(H,32,34). The number of amides is 2. The van der Waals surface area contributed by atoms with E-state index in [-0.39, 0.29) is 23.7 Å². The van der Waals surface area contributed by atoms with E-state index < -0.39 is 5.97 Å². The molecule has 0 bridgehead atoms. The highest BCUT2D eigenvalue weighted by atomic mass is 32.2. The van der Waals surface area contributed by atoms with E-state index in [1.165, 1.54) is 41.5 Å². The largest absolute Gasteiger partial charge is 0.484 e. The van der Waals surface area contributed by atoms with Crippen LogP contribution in [0.25, 0.3) is 0 Å². The lowest BCUT2D eigenvalue weighted by Gasteiger charge is -2.16. The van der Waals surface area contributed by atoms with Gasteiger partial charge in [-0.1, -0.05) is 44.0 Å². The van der Waals surface area contributed by atoms with Crippen LogP contribution in [-0.4, -0.2) is 36.8 Å². The zero-order chi connectivity index (χ0) is 27.6. The molecule has 3 aromatic rings. The Morgan fingerprint density at radius 2 is 1.74 bits per heavy atom. The summed E-state index contributed by atoms with van der Waals surface area (Å²) < 4.78 is 10.6. The van der Waals surface area contributed by atoms with Crippen LogP contribution in [0.3, 0.4) is 0 Å². The smallest absolute Gasteiger partial charge is 0.341 e. The number of thiophene rings is 1. The first-order chi connectivity index (χ1) is 19.0. The number of rotatable bonds is 10. The van der Waals surface area contributed by atoms with Crippen LogP contribution < -0.4 is 15.4 Å². The van der Waals surface area contributed by atoms with E-state index in [1.807, 2.05) is 43.3 Å². The molecule has 1 heterocycles. The van der Waals surface area contributed by atoms with Crippen molar-refractivity contribution >= 4 is 51.6 Å². The maximum atomic E-state index is 13.4. The van der Waals surface area contributed by atoms with Gasteiger partial charge in [0, 0.05) is 15.5 Å². The first-order valence-electron chi connectivity index (χ1n) is 13.3. The number of nitrogens with one attached hydrogen (secondary N) is 2. The predicted octanol–water partition coefficient (Wildman–Crippen LogP) is 6.72. The van der Waals surface area contributed by atoms with Gasteiger partial charge in [0.15, 0.2) is 6.61 Å². The number of aryl methyl sites for hydroxylation is 1. The summed E-state index contributed by atoms with van der Waals surface area (Å²) in [6.07, 6.45) is 6.77. The SMILES string of the molecule is CCC(Sc1cccc(NC(=O)COc2ccccc2)c1)C(=O)Nc1sc2c(c1C(=O)OC)CCCCCC2. The second kappa shape index (κ2) is 14.2. The molecular formula is C30H34N2O5S2. The Hall–Kier alpha value is -3.30. The van der Waals surface area contributed by atoms with Gasteiger partial charge in [0.1, 0.15) is 10.8 Å². The zero-order valence-corrected chi connectivity index (χ0v) is 23.9. The second-order valence-corrected chi connectivity index (χ2v) is 11.7. The molecule has 0 fully saturated rings. The van der Waals surface area contributed by atoms with Crippen molar-refractivity contribution < 1.29 is 23.9 Å². The third-order valence-corrected chi connectivity index (χ3v) is 9.04. The van der Waals surface area contributed by atoms with Gasteiger partial charge in [0.05, 0.1) is 17.9 Å². The van der Waals surface area contributed by atoms with Gasteiger partial charge in [0.2, 0.25) is 5.91 Å². The maximum absolute atomic E-state index is 13.4. The van der Waals surface area contributed by atoms with E-state index in [1.54, 1.807) is 18.2 Å². The Morgan fingerprint density at radius 1 is 0.974 bits per heavy atom. The lowest BCUT2D eigenvalue weighted by Crippen LogP contribution is -2.25. The number of ether oxygens (including phenoxy) is 2. The van der Waals surface area contributed by atoms with Gasteiger partial charge >= 0.3 is 5.97 Å². The van der Waals surface area contributed by atoms with Gasteiger partial charge in [-0.25, -0.2) is 4.79 Å². The number of carbonyl (C=O) groups is 3. The number of benzene rings is 2. The Bertz CT molecular complexity index is 1290. The number of anilines is 2. The highest BCUT2D eigenvalue weighted by Gasteiger charge is 2.28. The lowest BCUT2D eigenvalue weighted by atomic mass is 9.96. The van der Waals surface area contributed by atoms with E-state index in [0.717, 1.165) is 42.6 Å². The molecule has 39 heavy (non-hydrogen) atoms. The number of thioether (sulfide) groups is 1. The van der Waals surface area contributed by atoms with Crippen molar-refractivity contribution in [2.75, 3.05) is 24.4 Å². The topological polar surface area (TPSA) is 93.7 Å². The molecule has 1 aromatic heterocycles. The molecule has 1 atom stereocenters. The van der Waals surface area contributed by atoms with E-state index >= 15 is 0 Å². The number of fused-ring (bicyclic) bond motifs is 1. The van der Waals surface area contributed by atoms with Crippen LogP contribution in [0.2, 0.25) is 0 Å². The number of esters is 1. The predicted molar refractivity (Wildman–Crippen MR) is 157 cm³/mol. The quantitative estimate of drug-likeness (QED) is 0.209. The summed E-state index contributed by atoms with van der Waals surface area (Å²) in [4.78, 5) is 40.5. The Labute approximate surface area is 237 Å². The monoisotopic (exact) mass is 566 g/mol. The molecule has 9 heteroatoms. The van der Waals surface area contributed by atoms with Crippen molar-refractivity contribution in [1.29, 1.82) is 0 Å². The molecule has 0 saturated carbocycles. The lowest BCUT2D eigenvalue weighted by molar-refractivity contribution is -0.118. The van der Waals surface area contributed by atoms with Crippen molar-refractivity contribution in [3.8, 4) is 5.75 Å². The van der Waals surface area contributed by atoms with Gasteiger partial charge in [0.25, 0.3) is 5.91 Å². The van der Waals surface area contributed by atoms with Crippen LogP contribution in [0.5, 0.6) is 5.75 Å². The summed E-state index contributed by atoms with van der Waals surface area (Å²) in [5.74, 6) is -0.201. The van der Waals surface area contributed by atoms with Crippen molar-refractivity contribution in [3.05, 3.63) is 70.6 Å². The first kappa shape index (κ1) is 28.7. The van der Waals surface area contributed by atoms with Crippen LogP contribution in [0.1, 0.15) is 59.8 Å². The summed E-state index contributed by atoms with van der Waals surface area (Å²) in [6.45, 7) is 1.85. The summed E-state index contributed by atoms with van der Waals surface area (Å²) >= 11 is 2.92. The van der Waals surface area contributed by atoms with Crippen LogP contribution in [0.4, 0.5) is 10.7 Å². The van der Waals surface area contributed by atoms with Gasteiger partial charge < -0.3 is 20.1 Å². The molecular weight excluding hydrogens is 532 g/mol. The Balaban J connectivity index is 1.42. The Morgan fingerprint density at radius 3 is 2.49 bits per heavy atom. The zero-order valence-electron chi connectivity index (χ0n) is 22.3. The molecule has 206 valence electrons. The fourth-order valence-corrected chi connectivity index (χ4v) is 6.81. The van der Waals surface area contributed by atoms with E-state index in [0.29, 0.717) is 28.4 Å². The summed E-state index contributed by atoms with van der Waals surface area (Å²) in [6, 6.07) is 16.6. The maximum Gasteiger partial charge on any atom is 0.341 e. The molecule has 7 nitrogen and oxygen atoms in total. The number of carbonyl (C=O) groups excluding carboxylic acids is 3. The average Bonchev–Trinajstić information content (AvgIpc) is 3.26. The minimum Gasteiger partial charge on any atom is -0.484 e. The second-order valence-electron chi connectivity index (χ2n) is 9.30. The summed E-state index contributed by atoms with van der Waals surface area (Å²) in [5, 5.41) is 6.09. The number of hydrogen-bond donors (Lipinski definition) is 2. The van der Waals surface area contributed by atoms with Gasteiger partial charge in [-0.2, -0.15) is 0 Å². The fraction of sp³-hybridized carbons (Fsp3) is 0.367. The normalized spacial score (nSPS) is 13.8. The fourth-order valence-electron chi connectivity index (χ4n) is 4.51. The third kappa shape index (κ3) is 7.86. The van der Waals surface area contributed by atoms with Gasteiger partial charge in [-0.3, -0.25) is 9.59 Å². The van der Waals surface area contributed by atoms with Crippen LogP contribution in [-0.2, 0) is 27.2 Å². The van der Waals surface area contributed by atoms with Crippen molar-refractivity contribution in [3.63, 3.8) is 0 Å². The Kier molecular flexibility index (Phi) is 10.4. The molecule has 1 unspecified atom stereocenters. The minimum atomic E-state index is -0.399.